The lowest BCUT2D eigenvalue weighted by Gasteiger charge is -2.37. The summed E-state index contributed by atoms with van der Waals surface area (Å²) in [6.07, 6.45) is 1.48. The van der Waals surface area contributed by atoms with Crippen LogP contribution in [0.15, 0.2) is 54.9 Å². The van der Waals surface area contributed by atoms with Crippen LogP contribution in [0.5, 0.6) is 11.5 Å². The Bertz CT molecular complexity index is 1000. The maximum absolute atomic E-state index is 13.4. The molecule has 2 aromatic carbocycles. The highest BCUT2D eigenvalue weighted by molar-refractivity contribution is 5.94. The summed E-state index contributed by atoms with van der Waals surface area (Å²) < 4.78 is 12.7. The summed E-state index contributed by atoms with van der Waals surface area (Å²) in [5, 5.41) is 10.7. The molecule has 0 unspecified atom stereocenters. The molecule has 0 saturated carbocycles. The van der Waals surface area contributed by atoms with Gasteiger partial charge in [0, 0.05) is 17.3 Å². The molecule has 2 N–H and O–H groups in total. The van der Waals surface area contributed by atoms with Crippen molar-refractivity contribution in [2.75, 3.05) is 24.9 Å². The summed E-state index contributed by atoms with van der Waals surface area (Å²) >= 11 is 0. The number of carbonyl (C=O) groups excluding carboxylic acids is 1. The van der Waals surface area contributed by atoms with Gasteiger partial charge in [-0.05, 0) is 37.3 Å². The molecule has 2 heterocycles. The standard InChI is InChI=1S/C21H23N5O3/c1-13-18(20(27)25-14-7-5-4-6-8-14)19(26-21(24-13)22-12-23-26)16-11-15(28-2)9-10-17(16)29-3/h4-13,18-19H,1-3H3,(H,25,27)(H,22,23,24)/t13-,18+,19+/m0/s1. The molecule has 0 saturated heterocycles. The number of nitrogens with zero attached hydrogens (tertiary/aromatic N) is 3. The highest BCUT2D eigenvalue weighted by Crippen LogP contribution is 2.41. The molecular formula is C21H23N5O3. The van der Waals surface area contributed by atoms with Gasteiger partial charge in [-0.25, -0.2) is 4.68 Å². The fourth-order valence-electron chi connectivity index (χ4n) is 3.79. The number of carbonyl (C=O) groups is 1. The third-order valence-corrected chi connectivity index (χ3v) is 5.17. The third-order valence-electron chi connectivity index (χ3n) is 5.17. The molecular weight excluding hydrogens is 370 g/mol. The fourth-order valence-corrected chi connectivity index (χ4v) is 3.79. The zero-order valence-corrected chi connectivity index (χ0v) is 16.5. The Kier molecular flexibility index (Phi) is 5.07. The molecule has 1 aliphatic heterocycles. The van der Waals surface area contributed by atoms with Gasteiger partial charge in [0.1, 0.15) is 17.8 Å². The van der Waals surface area contributed by atoms with Crippen molar-refractivity contribution >= 4 is 17.5 Å². The molecule has 0 bridgehead atoms. The second-order valence-corrected chi connectivity index (χ2v) is 6.90. The van der Waals surface area contributed by atoms with E-state index in [1.165, 1.54) is 6.33 Å². The van der Waals surface area contributed by atoms with Crippen LogP contribution < -0.4 is 20.1 Å². The number of ether oxygens (including phenoxy) is 2. The Morgan fingerprint density at radius 1 is 1.14 bits per heavy atom. The molecule has 3 atom stereocenters. The van der Waals surface area contributed by atoms with Gasteiger partial charge in [-0.1, -0.05) is 18.2 Å². The first-order chi connectivity index (χ1) is 14.1. The van der Waals surface area contributed by atoms with Gasteiger partial charge in [-0.2, -0.15) is 10.1 Å². The van der Waals surface area contributed by atoms with Crippen molar-refractivity contribution in [3.05, 3.63) is 60.4 Å². The largest absolute Gasteiger partial charge is 0.497 e. The molecule has 1 aliphatic rings. The lowest BCUT2D eigenvalue weighted by Crippen LogP contribution is -2.46. The molecule has 8 heteroatoms. The predicted molar refractivity (Wildman–Crippen MR) is 109 cm³/mol. The number of aromatic nitrogens is 3. The van der Waals surface area contributed by atoms with Gasteiger partial charge in [-0.3, -0.25) is 4.79 Å². The van der Waals surface area contributed by atoms with Crippen molar-refractivity contribution in [2.45, 2.75) is 19.0 Å². The van der Waals surface area contributed by atoms with E-state index in [0.717, 1.165) is 11.3 Å². The number of nitrogens with one attached hydrogen (secondary N) is 2. The van der Waals surface area contributed by atoms with E-state index in [9.17, 15) is 4.79 Å². The Balaban J connectivity index is 1.80. The quantitative estimate of drug-likeness (QED) is 0.693. The second-order valence-electron chi connectivity index (χ2n) is 6.90. The van der Waals surface area contributed by atoms with Gasteiger partial charge in [0.2, 0.25) is 11.9 Å². The Morgan fingerprint density at radius 2 is 1.93 bits per heavy atom. The maximum atomic E-state index is 13.4. The first kappa shape index (κ1) is 18.8. The van der Waals surface area contributed by atoms with E-state index in [0.29, 0.717) is 17.4 Å². The summed E-state index contributed by atoms with van der Waals surface area (Å²) in [6.45, 7) is 1.97. The number of amides is 1. The molecule has 0 spiro atoms. The van der Waals surface area contributed by atoms with E-state index in [1.807, 2.05) is 55.5 Å². The lowest BCUT2D eigenvalue weighted by molar-refractivity contribution is -0.121. The minimum atomic E-state index is -0.467. The van der Waals surface area contributed by atoms with Crippen LogP contribution in [0.1, 0.15) is 18.5 Å². The number of anilines is 2. The molecule has 4 rings (SSSR count). The number of para-hydroxylation sites is 1. The van der Waals surface area contributed by atoms with E-state index in [4.69, 9.17) is 9.47 Å². The SMILES string of the molecule is COc1ccc(OC)c([C@@H]2[C@H](C(=O)Nc3ccccc3)[C@H](C)Nc3ncnn32)c1. The van der Waals surface area contributed by atoms with Crippen LogP contribution in [0.25, 0.3) is 0 Å². The molecule has 0 radical (unpaired) electrons. The van der Waals surface area contributed by atoms with Gasteiger partial charge < -0.3 is 20.1 Å². The van der Waals surface area contributed by atoms with E-state index in [-0.39, 0.29) is 11.9 Å². The molecule has 8 nitrogen and oxygen atoms in total. The van der Waals surface area contributed by atoms with Gasteiger partial charge in [-0.15, -0.1) is 0 Å². The van der Waals surface area contributed by atoms with Crippen LogP contribution in [-0.2, 0) is 4.79 Å². The summed E-state index contributed by atoms with van der Waals surface area (Å²) in [5.41, 5.74) is 1.55. The third kappa shape index (κ3) is 3.49. The molecule has 0 fully saturated rings. The average Bonchev–Trinajstić information content (AvgIpc) is 3.20. The number of benzene rings is 2. The molecule has 3 aromatic rings. The minimum Gasteiger partial charge on any atom is -0.497 e. The number of fused-ring (bicyclic) bond motifs is 1. The Labute approximate surface area is 168 Å². The van der Waals surface area contributed by atoms with Crippen LogP contribution in [0.3, 0.4) is 0 Å². The predicted octanol–water partition coefficient (Wildman–Crippen LogP) is 2.95. The van der Waals surface area contributed by atoms with Crippen molar-refractivity contribution < 1.29 is 14.3 Å². The zero-order chi connectivity index (χ0) is 20.4. The second kappa shape index (κ2) is 7.83. The normalized spacial score (nSPS) is 20.3. The van der Waals surface area contributed by atoms with Crippen molar-refractivity contribution in [3.8, 4) is 11.5 Å². The first-order valence-electron chi connectivity index (χ1n) is 9.36. The van der Waals surface area contributed by atoms with Crippen LogP contribution in [0, 0.1) is 5.92 Å². The van der Waals surface area contributed by atoms with Crippen molar-refractivity contribution in [1.29, 1.82) is 0 Å². The Hall–Kier alpha value is -3.55. The van der Waals surface area contributed by atoms with Gasteiger partial charge in [0.25, 0.3) is 0 Å². The minimum absolute atomic E-state index is 0.118. The maximum Gasteiger partial charge on any atom is 0.232 e. The van der Waals surface area contributed by atoms with Crippen LogP contribution in [0.2, 0.25) is 0 Å². The van der Waals surface area contributed by atoms with Gasteiger partial charge in [0.15, 0.2) is 0 Å². The van der Waals surface area contributed by atoms with E-state index in [1.54, 1.807) is 18.9 Å². The van der Waals surface area contributed by atoms with Crippen LogP contribution in [-0.4, -0.2) is 40.9 Å². The van der Waals surface area contributed by atoms with E-state index in [2.05, 4.69) is 20.7 Å². The van der Waals surface area contributed by atoms with E-state index < -0.39 is 12.0 Å². The summed E-state index contributed by atoms with van der Waals surface area (Å²) in [5.74, 6) is 1.36. The summed E-state index contributed by atoms with van der Waals surface area (Å²) in [4.78, 5) is 17.7. The highest BCUT2D eigenvalue weighted by atomic mass is 16.5. The molecule has 1 aromatic heterocycles. The van der Waals surface area contributed by atoms with Crippen molar-refractivity contribution in [2.24, 2.45) is 5.92 Å². The number of hydrogen-bond acceptors (Lipinski definition) is 6. The fraction of sp³-hybridized carbons (Fsp3) is 0.286. The zero-order valence-electron chi connectivity index (χ0n) is 16.5. The topological polar surface area (TPSA) is 90.3 Å². The molecule has 0 aliphatic carbocycles. The average molecular weight is 393 g/mol. The van der Waals surface area contributed by atoms with Gasteiger partial charge in [0.05, 0.1) is 26.2 Å². The first-order valence-corrected chi connectivity index (χ1v) is 9.36. The number of methoxy groups -OCH3 is 2. The smallest absolute Gasteiger partial charge is 0.232 e. The lowest BCUT2D eigenvalue weighted by atomic mass is 9.85. The molecule has 150 valence electrons. The Morgan fingerprint density at radius 3 is 2.66 bits per heavy atom. The van der Waals surface area contributed by atoms with Crippen LogP contribution >= 0.6 is 0 Å². The number of hydrogen-bond donors (Lipinski definition) is 2. The van der Waals surface area contributed by atoms with Gasteiger partial charge >= 0.3 is 0 Å². The van der Waals surface area contributed by atoms with Crippen molar-refractivity contribution in [1.82, 2.24) is 14.8 Å². The number of rotatable bonds is 5. The molecule has 29 heavy (non-hydrogen) atoms. The van der Waals surface area contributed by atoms with Crippen LogP contribution in [0.4, 0.5) is 11.6 Å². The summed E-state index contributed by atoms with van der Waals surface area (Å²) in [6, 6.07) is 14.3. The van der Waals surface area contributed by atoms with E-state index >= 15 is 0 Å². The highest BCUT2D eigenvalue weighted by Gasteiger charge is 2.42. The molecule has 1 amide bonds. The monoisotopic (exact) mass is 393 g/mol. The van der Waals surface area contributed by atoms with Crippen molar-refractivity contribution in [3.63, 3.8) is 0 Å². The summed E-state index contributed by atoms with van der Waals surface area (Å²) in [7, 11) is 3.22.